The first-order valence-electron chi connectivity index (χ1n) is 14.6. The number of alkyl carbamates (subject to hydrolysis) is 1. The smallest absolute Gasteiger partial charge is 0.407 e. The Morgan fingerprint density at radius 2 is 1.95 bits per heavy atom. The van der Waals surface area contributed by atoms with E-state index in [-0.39, 0.29) is 18.1 Å². The summed E-state index contributed by atoms with van der Waals surface area (Å²) in [4.78, 5) is 21.2. The second-order valence-corrected chi connectivity index (χ2v) is 10.9. The van der Waals surface area contributed by atoms with Gasteiger partial charge in [-0.25, -0.2) is 4.79 Å². The van der Waals surface area contributed by atoms with E-state index in [2.05, 4.69) is 90.3 Å². The number of rotatable bonds is 9. The van der Waals surface area contributed by atoms with E-state index in [9.17, 15) is 4.79 Å². The van der Waals surface area contributed by atoms with Crippen molar-refractivity contribution >= 4 is 22.7 Å². The molecule has 3 heterocycles. The molecule has 0 bridgehead atoms. The molecule has 5 rings (SSSR count). The molecule has 1 amide bonds. The number of aromatic nitrogens is 1. The van der Waals surface area contributed by atoms with Gasteiger partial charge in [-0.05, 0) is 75.0 Å². The average Bonchev–Trinajstić information content (AvgIpc) is 3.46. The van der Waals surface area contributed by atoms with E-state index in [1.54, 1.807) is 0 Å². The Kier molecular flexibility index (Phi) is 7.98. The number of ether oxygens (including phenoxy) is 1. The lowest BCUT2D eigenvalue weighted by Gasteiger charge is -2.38. The number of H-pyrrole nitrogens is 1. The Morgan fingerprint density at radius 1 is 1.13 bits per heavy atom. The van der Waals surface area contributed by atoms with Gasteiger partial charge in [-0.1, -0.05) is 51.1 Å². The fraction of sp³-hybridized carbons (Fsp3) is 0.531. The maximum atomic E-state index is 12.2. The van der Waals surface area contributed by atoms with Crippen LogP contribution in [0.15, 0.2) is 42.5 Å². The molecular formula is C32H44N4O2. The molecule has 38 heavy (non-hydrogen) atoms. The quantitative estimate of drug-likeness (QED) is 0.345. The minimum Gasteiger partial charge on any atom is -0.450 e. The maximum absolute atomic E-state index is 12.2. The molecule has 0 aliphatic carbocycles. The Hall–Kier alpha value is -2.99. The molecule has 2 aliphatic heterocycles. The first-order chi connectivity index (χ1) is 18.5. The highest BCUT2D eigenvalue weighted by atomic mass is 16.5. The van der Waals surface area contributed by atoms with Gasteiger partial charge in [-0.3, -0.25) is 0 Å². The van der Waals surface area contributed by atoms with Crippen LogP contribution in [-0.4, -0.2) is 60.8 Å². The largest absolute Gasteiger partial charge is 0.450 e. The minimum absolute atomic E-state index is 0.0156. The van der Waals surface area contributed by atoms with E-state index >= 15 is 0 Å². The molecule has 1 aromatic heterocycles. The van der Waals surface area contributed by atoms with Crippen LogP contribution in [0.25, 0.3) is 10.9 Å². The summed E-state index contributed by atoms with van der Waals surface area (Å²) in [6.45, 7) is 15.8. The number of nitrogens with zero attached hydrogens (tertiary/aromatic N) is 2. The molecule has 2 aromatic carbocycles. The van der Waals surface area contributed by atoms with Gasteiger partial charge >= 0.3 is 6.09 Å². The monoisotopic (exact) mass is 516 g/mol. The van der Waals surface area contributed by atoms with Crippen LogP contribution < -0.4 is 10.2 Å². The fourth-order valence-corrected chi connectivity index (χ4v) is 6.81. The molecule has 6 nitrogen and oxygen atoms in total. The number of carbonyl (C=O) groups excluding carboxylic acids is 1. The summed E-state index contributed by atoms with van der Waals surface area (Å²) in [5, 5.41) is 4.32. The van der Waals surface area contributed by atoms with Crippen LogP contribution in [-0.2, 0) is 11.2 Å². The summed E-state index contributed by atoms with van der Waals surface area (Å²) in [5.74, 6) is 0.827. The van der Waals surface area contributed by atoms with Gasteiger partial charge in [0.2, 0.25) is 0 Å². The standard InChI is InChI=1S/C32H44N4O2/c1-6-23(33-32(37)38-9-4)19-27-24-12-10-11-13-28(24)34-31(27)21(5)22-14-15-29-26(18-22)25-16-17-35(7-2)20-30(25)36(29)8-3/h10-15,18,21,23,25,30,34H,6-9,16-17,19-20H2,1-5H3,(H,33,37). The van der Waals surface area contributed by atoms with E-state index in [1.807, 2.05) is 6.92 Å². The fourth-order valence-electron chi connectivity index (χ4n) is 6.81. The molecule has 2 N–H and O–H groups in total. The number of carbonyl (C=O) groups is 1. The Bertz CT molecular complexity index is 1270. The summed E-state index contributed by atoms with van der Waals surface area (Å²) in [5.41, 5.74) is 8.01. The topological polar surface area (TPSA) is 60.6 Å². The number of likely N-dealkylation sites (N-methyl/N-ethyl adjacent to an activating group) is 2. The van der Waals surface area contributed by atoms with Gasteiger partial charge in [0.1, 0.15) is 0 Å². The lowest BCUT2D eigenvalue weighted by Crippen LogP contribution is -2.48. The van der Waals surface area contributed by atoms with E-state index < -0.39 is 0 Å². The van der Waals surface area contributed by atoms with Crippen molar-refractivity contribution in [2.24, 2.45) is 0 Å². The summed E-state index contributed by atoms with van der Waals surface area (Å²) < 4.78 is 5.18. The van der Waals surface area contributed by atoms with Crippen LogP contribution in [0.5, 0.6) is 0 Å². The van der Waals surface area contributed by atoms with Gasteiger partial charge < -0.3 is 24.8 Å². The number of nitrogens with one attached hydrogen (secondary N) is 2. The maximum Gasteiger partial charge on any atom is 0.407 e. The summed E-state index contributed by atoms with van der Waals surface area (Å²) in [7, 11) is 0. The van der Waals surface area contributed by atoms with Gasteiger partial charge in [0.05, 0.1) is 6.61 Å². The molecule has 4 atom stereocenters. The number of benzene rings is 2. The zero-order valence-electron chi connectivity index (χ0n) is 23.7. The van der Waals surface area contributed by atoms with Crippen LogP contribution in [0.3, 0.4) is 0 Å². The SMILES string of the molecule is CCOC(=O)NC(CC)Cc1c(C(C)c2ccc3c(c2)C2CCN(CC)CC2N3CC)[nH]c2ccccc12. The van der Waals surface area contributed by atoms with Crippen molar-refractivity contribution < 1.29 is 9.53 Å². The van der Waals surface area contributed by atoms with Crippen molar-refractivity contribution in [3.63, 3.8) is 0 Å². The lowest BCUT2D eigenvalue weighted by molar-refractivity contribution is 0.147. The van der Waals surface area contributed by atoms with Crippen LogP contribution in [0, 0.1) is 0 Å². The van der Waals surface area contributed by atoms with Gasteiger partial charge in [-0.15, -0.1) is 0 Å². The molecule has 0 spiro atoms. The van der Waals surface area contributed by atoms with Crippen molar-refractivity contribution in [2.45, 2.75) is 77.8 Å². The van der Waals surface area contributed by atoms with Gasteiger partial charge in [-0.2, -0.15) is 0 Å². The van der Waals surface area contributed by atoms with Gasteiger partial charge in [0.25, 0.3) is 0 Å². The third-order valence-corrected chi connectivity index (χ3v) is 8.94. The number of aromatic amines is 1. The number of hydrogen-bond acceptors (Lipinski definition) is 4. The number of piperidine rings is 1. The molecular weight excluding hydrogens is 472 g/mol. The normalized spacial score (nSPS) is 20.7. The highest BCUT2D eigenvalue weighted by molar-refractivity contribution is 5.85. The zero-order valence-corrected chi connectivity index (χ0v) is 23.7. The van der Waals surface area contributed by atoms with Gasteiger partial charge in [0, 0.05) is 59.3 Å². The molecule has 6 heteroatoms. The summed E-state index contributed by atoms with van der Waals surface area (Å²) >= 11 is 0. The average molecular weight is 517 g/mol. The highest BCUT2D eigenvalue weighted by Crippen LogP contribution is 2.46. The number of amides is 1. The molecule has 204 valence electrons. The lowest BCUT2D eigenvalue weighted by atomic mass is 9.85. The van der Waals surface area contributed by atoms with E-state index in [1.165, 1.54) is 46.4 Å². The Morgan fingerprint density at radius 3 is 2.68 bits per heavy atom. The predicted octanol–water partition coefficient (Wildman–Crippen LogP) is 6.40. The van der Waals surface area contributed by atoms with Crippen molar-refractivity contribution in [1.29, 1.82) is 0 Å². The molecule has 1 fully saturated rings. The third kappa shape index (κ3) is 4.91. The predicted molar refractivity (Wildman–Crippen MR) is 156 cm³/mol. The summed E-state index contributed by atoms with van der Waals surface area (Å²) in [6.07, 6.45) is 2.51. The molecule has 3 aromatic rings. The van der Waals surface area contributed by atoms with Crippen molar-refractivity contribution in [3.05, 3.63) is 64.8 Å². The molecule has 4 unspecified atom stereocenters. The third-order valence-electron chi connectivity index (χ3n) is 8.94. The van der Waals surface area contributed by atoms with Crippen molar-refractivity contribution in [2.75, 3.05) is 37.7 Å². The van der Waals surface area contributed by atoms with Crippen molar-refractivity contribution in [3.8, 4) is 0 Å². The Balaban J connectivity index is 1.48. The number of para-hydroxylation sites is 1. The van der Waals surface area contributed by atoms with E-state index in [0.717, 1.165) is 38.0 Å². The van der Waals surface area contributed by atoms with Crippen LogP contribution in [0.1, 0.15) is 81.7 Å². The molecule has 1 saturated heterocycles. The number of hydrogen-bond donors (Lipinski definition) is 2. The highest BCUT2D eigenvalue weighted by Gasteiger charge is 2.41. The van der Waals surface area contributed by atoms with E-state index in [4.69, 9.17) is 4.74 Å². The Labute approximate surface area is 227 Å². The molecule has 0 radical (unpaired) electrons. The second-order valence-electron chi connectivity index (χ2n) is 10.9. The van der Waals surface area contributed by atoms with Gasteiger partial charge in [0.15, 0.2) is 0 Å². The van der Waals surface area contributed by atoms with E-state index in [0.29, 0.717) is 18.6 Å². The second kappa shape index (κ2) is 11.4. The summed E-state index contributed by atoms with van der Waals surface area (Å²) in [6, 6.07) is 16.3. The van der Waals surface area contributed by atoms with Crippen LogP contribution >= 0.6 is 0 Å². The number of likely N-dealkylation sites (tertiary alicyclic amines) is 1. The zero-order chi connectivity index (χ0) is 26.8. The number of fused-ring (bicyclic) bond motifs is 4. The molecule has 2 aliphatic rings. The van der Waals surface area contributed by atoms with Crippen LogP contribution in [0.4, 0.5) is 10.5 Å². The molecule has 0 saturated carbocycles. The van der Waals surface area contributed by atoms with Crippen molar-refractivity contribution in [1.82, 2.24) is 15.2 Å². The van der Waals surface area contributed by atoms with Crippen LogP contribution in [0.2, 0.25) is 0 Å². The minimum atomic E-state index is -0.337. The first-order valence-corrected chi connectivity index (χ1v) is 14.6. The first kappa shape index (κ1) is 26.6. The number of anilines is 1.